The van der Waals surface area contributed by atoms with Crippen molar-refractivity contribution in [3.63, 3.8) is 0 Å². The van der Waals surface area contributed by atoms with E-state index in [2.05, 4.69) is 18.8 Å². The Hall–Kier alpha value is -1.78. The average Bonchev–Trinajstić information content (AvgIpc) is 3.31. The first kappa shape index (κ1) is 21.5. The Morgan fingerprint density at radius 2 is 1.83 bits per heavy atom. The maximum absolute atomic E-state index is 13.6. The van der Waals surface area contributed by atoms with E-state index in [1.54, 1.807) is 11.8 Å². The molecule has 2 aliphatic heterocycles. The highest BCUT2D eigenvalue weighted by molar-refractivity contribution is 7.89. The van der Waals surface area contributed by atoms with Gasteiger partial charge in [-0.2, -0.15) is 4.31 Å². The molecule has 0 radical (unpaired) electrons. The first-order chi connectivity index (χ1) is 14.2. The summed E-state index contributed by atoms with van der Waals surface area (Å²) in [5.74, 6) is 0.397. The summed E-state index contributed by atoms with van der Waals surface area (Å²) in [5, 5.41) is 0.111. The van der Waals surface area contributed by atoms with E-state index < -0.39 is 15.6 Å². The molecule has 10 heteroatoms. The van der Waals surface area contributed by atoms with Crippen LogP contribution in [0.2, 0.25) is 0 Å². The lowest BCUT2D eigenvalue weighted by Gasteiger charge is -2.34. The van der Waals surface area contributed by atoms with Gasteiger partial charge >= 0.3 is 0 Å². The third-order valence-corrected chi connectivity index (χ3v) is 9.14. The van der Waals surface area contributed by atoms with Crippen LogP contribution >= 0.6 is 11.3 Å². The summed E-state index contributed by atoms with van der Waals surface area (Å²) < 4.78 is 29.9. The van der Waals surface area contributed by atoms with Crippen LogP contribution in [-0.2, 0) is 21.4 Å². The SMILES string of the molecule is Cc1sc2ncn(CC(=O)N3CCCC3)c(=O)c2c1S(=O)(=O)N1CC(C)CC(C)C1. The van der Waals surface area contributed by atoms with Gasteiger partial charge in [0.05, 0.1) is 11.7 Å². The number of fused-ring (bicyclic) bond motifs is 1. The molecule has 1 amide bonds. The van der Waals surface area contributed by atoms with Crippen LogP contribution in [0.25, 0.3) is 10.2 Å². The molecular formula is C20H28N4O4S2. The van der Waals surface area contributed by atoms with Crippen molar-refractivity contribution in [3.05, 3.63) is 21.6 Å². The van der Waals surface area contributed by atoms with Gasteiger partial charge in [0.15, 0.2) is 0 Å². The number of carbonyl (C=O) groups excluding carboxylic acids is 1. The molecule has 2 saturated heterocycles. The number of thiophene rings is 1. The Balaban J connectivity index is 1.76. The van der Waals surface area contributed by atoms with Crippen molar-refractivity contribution in [2.24, 2.45) is 11.8 Å². The zero-order valence-corrected chi connectivity index (χ0v) is 19.3. The molecule has 164 valence electrons. The minimum absolute atomic E-state index is 0.0595. The Morgan fingerprint density at radius 1 is 1.20 bits per heavy atom. The van der Waals surface area contributed by atoms with Gasteiger partial charge in [0.25, 0.3) is 5.56 Å². The van der Waals surface area contributed by atoms with Gasteiger partial charge in [0.1, 0.15) is 16.3 Å². The van der Waals surface area contributed by atoms with E-state index in [4.69, 9.17) is 0 Å². The summed E-state index contributed by atoms with van der Waals surface area (Å²) in [5.41, 5.74) is -0.464. The van der Waals surface area contributed by atoms with Crippen LogP contribution in [0.4, 0.5) is 0 Å². The quantitative estimate of drug-likeness (QED) is 0.708. The van der Waals surface area contributed by atoms with Gasteiger partial charge in [-0.3, -0.25) is 14.2 Å². The minimum Gasteiger partial charge on any atom is -0.341 e. The van der Waals surface area contributed by atoms with E-state index in [1.165, 1.54) is 26.5 Å². The van der Waals surface area contributed by atoms with Crippen molar-refractivity contribution in [3.8, 4) is 0 Å². The maximum atomic E-state index is 13.6. The van der Waals surface area contributed by atoms with Crippen molar-refractivity contribution in [2.75, 3.05) is 26.2 Å². The Morgan fingerprint density at radius 3 is 2.47 bits per heavy atom. The predicted octanol–water partition coefficient (Wildman–Crippen LogP) is 2.06. The lowest BCUT2D eigenvalue weighted by atomic mass is 9.94. The fourth-order valence-corrected chi connectivity index (χ4v) is 8.03. The molecule has 0 bridgehead atoms. The first-order valence-electron chi connectivity index (χ1n) is 10.4. The number of rotatable bonds is 4. The Kier molecular flexibility index (Phi) is 5.75. The highest BCUT2D eigenvalue weighted by Crippen LogP contribution is 2.35. The smallest absolute Gasteiger partial charge is 0.263 e. The molecular weight excluding hydrogens is 424 g/mol. The van der Waals surface area contributed by atoms with Crippen molar-refractivity contribution in [1.29, 1.82) is 0 Å². The molecule has 4 rings (SSSR count). The lowest BCUT2D eigenvalue weighted by Crippen LogP contribution is -2.43. The van der Waals surface area contributed by atoms with Crippen LogP contribution in [0.15, 0.2) is 16.0 Å². The normalized spacial score (nSPS) is 23.4. The van der Waals surface area contributed by atoms with Crippen LogP contribution in [0.5, 0.6) is 0 Å². The number of likely N-dealkylation sites (tertiary alicyclic amines) is 1. The number of hydrogen-bond acceptors (Lipinski definition) is 6. The number of aromatic nitrogens is 2. The van der Waals surface area contributed by atoms with E-state index in [9.17, 15) is 18.0 Å². The van der Waals surface area contributed by atoms with Gasteiger partial charge in [-0.25, -0.2) is 13.4 Å². The molecule has 0 saturated carbocycles. The Labute approximate surface area is 180 Å². The van der Waals surface area contributed by atoms with Crippen LogP contribution in [0.1, 0.15) is 38.0 Å². The van der Waals surface area contributed by atoms with Gasteiger partial charge in [-0.15, -0.1) is 11.3 Å². The Bertz CT molecular complexity index is 1120. The van der Waals surface area contributed by atoms with Crippen LogP contribution in [-0.4, -0.2) is 59.3 Å². The number of hydrogen-bond donors (Lipinski definition) is 0. The highest BCUT2D eigenvalue weighted by Gasteiger charge is 2.36. The van der Waals surface area contributed by atoms with Crippen LogP contribution in [0.3, 0.4) is 0 Å². The molecule has 8 nitrogen and oxygen atoms in total. The summed E-state index contributed by atoms with van der Waals surface area (Å²) in [6, 6.07) is 0. The van der Waals surface area contributed by atoms with Crippen molar-refractivity contribution in [2.45, 2.75) is 51.5 Å². The lowest BCUT2D eigenvalue weighted by molar-refractivity contribution is -0.130. The number of aryl methyl sites for hydroxylation is 1. The second kappa shape index (κ2) is 8.05. The second-order valence-corrected chi connectivity index (χ2v) is 11.8. The largest absolute Gasteiger partial charge is 0.341 e. The van der Waals surface area contributed by atoms with Crippen molar-refractivity contribution in [1.82, 2.24) is 18.8 Å². The van der Waals surface area contributed by atoms with E-state index in [-0.39, 0.29) is 34.6 Å². The number of carbonyl (C=O) groups is 1. The summed E-state index contributed by atoms with van der Waals surface area (Å²) >= 11 is 1.21. The highest BCUT2D eigenvalue weighted by atomic mass is 32.2. The molecule has 2 fully saturated rings. The number of nitrogens with zero attached hydrogens (tertiary/aromatic N) is 4. The number of piperidine rings is 1. The molecule has 0 spiro atoms. The molecule has 2 aliphatic rings. The molecule has 2 aromatic heterocycles. The zero-order chi connectivity index (χ0) is 21.6. The fraction of sp³-hybridized carbons (Fsp3) is 0.650. The predicted molar refractivity (Wildman–Crippen MR) is 116 cm³/mol. The monoisotopic (exact) mass is 452 g/mol. The van der Waals surface area contributed by atoms with Gasteiger partial charge in [0, 0.05) is 31.1 Å². The number of amides is 1. The van der Waals surface area contributed by atoms with Crippen LogP contribution in [0, 0.1) is 18.8 Å². The molecule has 4 heterocycles. The average molecular weight is 453 g/mol. The number of sulfonamides is 1. The summed E-state index contributed by atoms with van der Waals surface area (Å²) in [6.07, 6.45) is 4.28. The molecule has 0 aromatic carbocycles. The molecule has 0 N–H and O–H groups in total. The summed E-state index contributed by atoms with van der Waals surface area (Å²) in [7, 11) is -3.83. The standard InChI is InChI=1S/C20H28N4O4S2/c1-13-8-14(2)10-24(9-13)30(27,28)18-15(3)29-19-17(18)20(26)23(12-21-19)11-16(25)22-6-4-5-7-22/h12-14H,4-11H2,1-3H3. The van der Waals surface area contributed by atoms with E-state index in [1.807, 2.05) is 0 Å². The topological polar surface area (TPSA) is 92.6 Å². The van der Waals surface area contributed by atoms with Gasteiger partial charge < -0.3 is 4.90 Å². The molecule has 0 aliphatic carbocycles. The first-order valence-corrected chi connectivity index (χ1v) is 12.7. The van der Waals surface area contributed by atoms with Crippen LogP contribution < -0.4 is 5.56 Å². The summed E-state index contributed by atoms with van der Waals surface area (Å²) in [6.45, 7) is 8.00. The van der Waals surface area contributed by atoms with Crippen molar-refractivity contribution >= 4 is 37.5 Å². The van der Waals surface area contributed by atoms with E-state index in [0.29, 0.717) is 35.9 Å². The zero-order valence-electron chi connectivity index (χ0n) is 17.6. The molecule has 2 atom stereocenters. The third-order valence-electron chi connectivity index (χ3n) is 6.00. The maximum Gasteiger partial charge on any atom is 0.263 e. The van der Waals surface area contributed by atoms with Crippen molar-refractivity contribution < 1.29 is 13.2 Å². The van der Waals surface area contributed by atoms with Gasteiger partial charge in [-0.1, -0.05) is 13.8 Å². The molecule has 2 aromatic rings. The second-order valence-electron chi connectivity index (χ2n) is 8.70. The summed E-state index contributed by atoms with van der Waals surface area (Å²) in [4.78, 5) is 32.9. The molecule has 2 unspecified atom stereocenters. The fourth-order valence-electron chi connectivity index (χ4n) is 4.68. The molecule has 30 heavy (non-hydrogen) atoms. The van der Waals surface area contributed by atoms with Gasteiger partial charge in [0.2, 0.25) is 15.9 Å². The van der Waals surface area contributed by atoms with Gasteiger partial charge in [-0.05, 0) is 38.0 Å². The van der Waals surface area contributed by atoms with E-state index >= 15 is 0 Å². The third kappa shape index (κ3) is 3.80. The minimum atomic E-state index is -3.83. The van der Waals surface area contributed by atoms with E-state index in [0.717, 1.165) is 19.3 Å².